The fraction of sp³-hybridized carbons (Fsp3) is 0.222. The molecule has 0 radical (unpaired) electrons. The van der Waals surface area contributed by atoms with Gasteiger partial charge in [0, 0.05) is 18.2 Å². The number of methoxy groups -OCH3 is 1. The first kappa shape index (κ1) is 21.1. The number of hydrogen-bond donors (Lipinski definition) is 2. The van der Waals surface area contributed by atoms with Crippen LogP contribution < -0.4 is 20.1 Å². The van der Waals surface area contributed by atoms with Gasteiger partial charge in [-0.05, 0) is 18.6 Å². The van der Waals surface area contributed by atoms with Crippen LogP contribution in [-0.4, -0.2) is 35.5 Å². The molecule has 2 amide bonds. The van der Waals surface area contributed by atoms with Gasteiger partial charge in [0.15, 0.2) is 12.4 Å². The number of benzene rings is 1. The van der Waals surface area contributed by atoms with Crippen molar-refractivity contribution in [3.63, 3.8) is 0 Å². The number of anilines is 1. The molecular weight excluding hydrogens is 391 g/mol. The lowest BCUT2D eigenvalue weighted by Crippen LogP contribution is -2.28. The molecule has 0 aliphatic heterocycles. The van der Waals surface area contributed by atoms with E-state index < -0.39 is 11.7 Å². The van der Waals surface area contributed by atoms with E-state index in [9.17, 15) is 14.0 Å². The van der Waals surface area contributed by atoms with Crippen LogP contribution in [0.2, 0.25) is 5.02 Å². The smallest absolute Gasteiger partial charge is 0.262 e. The molecule has 1 aromatic heterocycles. The molecule has 10 heteroatoms. The maximum atomic E-state index is 13.3. The Balaban J connectivity index is 1.69. The third kappa shape index (κ3) is 6.84. The van der Waals surface area contributed by atoms with Crippen molar-refractivity contribution in [2.75, 3.05) is 19.0 Å². The zero-order valence-corrected chi connectivity index (χ0v) is 15.8. The van der Waals surface area contributed by atoms with E-state index >= 15 is 0 Å². The van der Waals surface area contributed by atoms with Crippen molar-refractivity contribution in [1.82, 2.24) is 15.3 Å². The molecule has 1 aromatic carbocycles. The van der Waals surface area contributed by atoms with Gasteiger partial charge < -0.3 is 14.8 Å². The van der Waals surface area contributed by atoms with Crippen LogP contribution in [0.5, 0.6) is 11.5 Å². The highest BCUT2D eigenvalue weighted by atomic mass is 35.5. The van der Waals surface area contributed by atoms with Crippen molar-refractivity contribution < 1.29 is 23.5 Å². The highest BCUT2D eigenvalue weighted by molar-refractivity contribution is 6.30. The Kier molecular flexibility index (Phi) is 7.70. The first-order valence-electron chi connectivity index (χ1n) is 8.08. The number of carbonyl (C=O) groups excluding carboxylic acids is 2. The Labute approximate surface area is 165 Å². The van der Waals surface area contributed by atoms with Gasteiger partial charge in [-0.25, -0.2) is 14.4 Å². The van der Waals surface area contributed by atoms with Crippen LogP contribution in [-0.2, 0) is 9.59 Å². The van der Waals surface area contributed by atoms with E-state index in [0.717, 1.165) is 6.07 Å². The number of amides is 2. The molecule has 0 spiro atoms. The van der Waals surface area contributed by atoms with E-state index in [1.807, 2.05) is 0 Å². The largest absolute Gasteiger partial charge is 0.494 e. The van der Waals surface area contributed by atoms with Gasteiger partial charge >= 0.3 is 0 Å². The zero-order chi connectivity index (χ0) is 20.5. The van der Waals surface area contributed by atoms with Crippen molar-refractivity contribution in [3.8, 4) is 11.5 Å². The summed E-state index contributed by atoms with van der Waals surface area (Å²) in [5.41, 5.74) is 0.335. The fourth-order valence-corrected chi connectivity index (χ4v) is 2.07. The molecule has 0 atom stereocenters. The number of allylic oxidation sites excluding steroid dienone is 1. The second kappa shape index (κ2) is 10.2. The van der Waals surface area contributed by atoms with Crippen LogP contribution in [0.15, 0.2) is 42.9 Å². The first-order chi connectivity index (χ1) is 13.4. The molecule has 2 rings (SSSR count). The Morgan fingerprint density at radius 3 is 2.54 bits per heavy atom. The lowest BCUT2D eigenvalue weighted by molar-refractivity contribution is -0.122. The summed E-state index contributed by atoms with van der Waals surface area (Å²) in [5.74, 6) is -0.688. The summed E-state index contributed by atoms with van der Waals surface area (Å²) in [4.78, 5) is 31.5. The summed E-state index contributed by atoms with van der Waals surface area (Å²) in [6.07, 6.45) is 3.13. The molecule has 1 heterocycles. The second-order valence-electron chi connectivity index (χ2n) is 5.51. The lowest BCUT2D eigenvalue weighted by Gasteiger charge is -2.10. The van der Waals surface area contributed by atoms with Crippen LogP contribution in [0, 0.1) is 5.82 Å². The first-order valence-corrected chi connectivity index (χ1v) is 8.46. The Bertz CT molecular complexity index is 861. The molecule has 0 aliphatic rings. The van der Waals surface area contributed by atoms with Gasteiger partial charge in [-0.2, -0.15) is 0 Å². The third-order valence-corrected chi connectivity index (χ3v) is 3.65. The van der Waals surface area contributed by atoms with Crippen LogP contribution in [0.4, 0.5) is 10.3 Å². The molecule has 28 heavy (non-hydrogen) atoms. The summed E-state index contributed by atoms with van der Waals surface area (Å²) < 4.78 is 23.4. The molecule has 148 valence electrons. The van der Waals surface area contributed by atoms with Crippen molar-refractivity contribution in [1.29, 1.82) is 0 Å². The average Bonchev–Trinajstić information content (AvgIpc) is 2.68. The Morgan fingerprint density at radius 2 is 1.89 bits per heavy atom. The van der Waals surface area contributed by atoms with Crippen molar-refractivity contribution >= 4 is 29.4 Å². The number of rotatable bonds is 9. The standard InChI is InChI=1S/C18H18ClFN4O4/c1-11(3-6-16(25)24-18-21-8-13(27-2)9-22-18)23-17(26)10-28-12-4-5-14(19)15(20)7-12/h4-5,7-9H,1,3,6,10H2,2H3,(H,23,26)(H,21,22,24,25). The molecule has 0 bridgehead atoms. The minimum atomic E-state index is -0.643. The minimum absolute atomic E-state index is 0.0384. The van der Waals surface area contributed by atoms with Crippen molar-refractivity contribution in [2.45, 2.75) is 12.8 Å². The fourth-order valence-electron chi connectivity index (χ4n) is 1.95. The highest BCUT2D eigenvalue weighted by Crippen LogP contribution is 2.20. The van der Waals surface area contributed by atoms with Crippen molar-refractivity contribution in [3.05, 3.63) is 53.7 Å². The summed E-state index contributed by atoms with van der Waals surface area (Å²) >= 11 is 5.57. The number of nitrogens with zero attached hydrogens (tertiary/aromatic N) is 2. The van der Waals surface area contributed by atoms with E-state index in [1.165, 1.54) is 31.6 Å². The van der Waals surface area contributed by atoms with Crippen LogP contribution in [0.25, 0.3) is 0 Å². The number of aromatic nitrogens is 2. The minimum Gasteiger partial charge on any atom is -0.494 e. The summed E-state index contributed by atoms with van der Waals surface area (Å²) in [5, 5.41) is 4.98. The summed E-state index contributed by atoms with van der Waals surface area (Å²) in [7, 11) is 1.48. The second-order valence-corrected chi connectivity index (χ2v) is 5.92. The number of halogens is 2. The molecular formula is C18H18ClFN4O4. The van der Waals surface area contributed by atoms with Gasteiger partial charge in [-0.3, -0.25) is 14.9 Å². The average molecular weight is 409 g/mol. The monoisotopic (exact) mass is 408 g/mol. The molecule has 0 saturated carbocycles. The topological polar surface area (TPSA) is 102 Å². The quantitative estimate of drug-likeness (QED) is 0.661. The molecule has 2 N–H and O–H groups in total. The summed E-state index contributed by atoms with van der Waals surface area (Å²) in [6, 6.07) is 3.85. The van der Waals surface area contributed by atoms with Gasteiger partial charge in [0.05, 0.1) is 24.5 Å². The number of hydrogen-bond acceptors (Lipinski definition) is 6. The van der Waals surface area contributed by atoms with Gasteiger partial charge in [0.1, 0.15) is 11.6 Å². The van der Waals surface area contributed by atoms with E-state index in [0.29, 0.717) is 11.4 Å². The van der Waals surface area contributed by atoms with Crippen molar-refractivity contribution in [2.24, 2.45) is 0 Å². The highest BCUT2D eigenvalue weighted by Gasteiger charge is 2.09. The molecule has 8 nitrogen and oxygen atoms in total. The number of carbonyl (C=O) groups is 2. The molecule has 0 fully saturated rings. The summed E-state index contributed by atoms with van der Waals surface area (Å²) in [6.45, 7) is 3.34. The predicted octanol–water partition coefficient (Wildman–Crippen LogP) is 2.71. The van der Waals surface area contributed by atoms with Crippen LogP contribution in [0.3, 0.4) is 0 Å². The normalized spacial score (nSPS) is 10.1. The number of ether oxygens (including phenoxy) is 2. The maximum Gasteiger partial charge on any atom is 0.262 e. The maximum absolute atomic E-state index is 13.3. The lowest BCUT2D eigenvalue weighted by atomic mass is 10.2. The predicted molar refractivity (Wildman–Crippen MR) is 101 cm³/mol. The van der Waals surface area contributed by atoms with Gasteiger partial charge in [-0.15, -0.1) is 0 Å². The molecule has 0 unspecified atom stereocenters. The SMILES string of the molecule is C=C(CCC(=O)Nc1ncc(OC)cn1)NC(=O)COc1ccc(Cl)c(F)c1. The van der Waals surface area contributed by atoms with Gasteiger partial charge in [0.25, 0.3) is 5.91 Å². The number of nitrogens with one attached hydrogen (secondary N) is 2. The molecule has 0 saturated heterocycles. The van der Waals surface area contributed by atoms with E-state index in [4.69, 9.17) is 21.1 Å². The Morgan fingerprint density at radius 1 is 1.18 bits per heavy atom. The molecule has 2 aromatic rings. The van der Waals surface area contributed by atoms with E-state index in [1.54, 1.807) is 0 Å². The molecule has 0 aliphatic carbocycles. The van der Waals surface area contributed by atoms with Crippen LogP contribution in [0.1, 0.15) is 12.8 Å². The zero-order valence-electron chi connectivity index (χ0n) is 15.0. The third-order valence-electron chi connectivity index (χ3n) is 3.35. The Hall–Kier alpha value is -3.20. The van der Waals surface area contributed by atoms with E-state index in [-0.39, 0.29) is 42.1 Å². The van der Waals surface area contributed by atoms with E-state index in [2.05, 4.69) is 27.2 Å². The van der Waals surface area contributed by atoms with Crippen LogP contribution >= 0.6 is 11.6 Å². The van der Waals surface area contributed by atoms with Gasteiger partial charge in [-0.1, -0.05) is 18.2 Å². The van der Waals surface area contributed by atoms with Gasteiger partial charge in [0.2, 0.25) is 11.9 Å².